The third-order valence-corrected chi connectivity index (χ3v) is 3.17. The van der Waals surface area contributed by atoms with Gasteiger partial charge in [-0.3, -0.25) is 9.69 Å². The molecule has 21 heavy (non-hydrogen) atoms. The first-order valence-electron chi connectivity index (χ1n) is 7.14. The van der Waals surface area contributed by atoms with Crippen molar-refractivity contribution in [1.82, 2.24) is 4.98 Å². The summed E-state index contributed by atoms with van der Waals surface area (Å²) in [6.45, 7) is 2.83. The van der Waals surface area contributed by atoms with Crippen LogP contribution in [0.3, 0.4) is 0 Å². The molecule has 0 aliphatic carbocycles. The highest BCUT2D eigenvalue weighted by molar-refractivity contribution is 6.05. The van der Waals surface area contributed by atoms with E-state index in [4.69, 9.17) is 4.74 Å². The Balaban J connectivity index is 2.03. The zero-order valence-electron chi connectivity index (χ0n) is 12.5. The van der Waals surface area contributed by atoms with Crippen LogP contribution in [0.25, 0.3) is 0 Å². The lowest BCUT2D eigenvalue weighted by Crippen LogP contribution is -2.26. The molecule has 2 aromatic rings. The second-order valence-corrected chi connectivity index (χ2v) is 4.78. The van der Waals surface area contributed by atoms with Gasteiger partial charge in [0.1, 0.15) is 11.6 Å². The molecular formula is C17H20N2O2. The molecule has 0 aliphatic rings. The highest BCUT2D eigenvalue weighted by Gasteiger charge is 2.13. The summed E-state index contributed by atoms with van der Waals surface area (Å²) in [4.78, 5) is 18.1. The molecular weight excluding hydrogens is 264 g/mol. The maximum Gasteiger partial charge on any atom is 0.259 e. The molecule has 0 unspecified atom stereocenters. The maximum absolute atomic E-state index is 12.4. The Bertz CT molecular complexity index is 567. The summed E-state index contributed by atoms with van der Waals surface area (Å²) in [5.41, 5.74) is 0.617. The zero-order chi connectivity index (χ0) is 15.1. The van der Waals surface area contributed by atoms with E-state index in [9.17, 15) is 4.79 Å². The number of rotatable bonds is 6. The Morgan fingerprint density at radius 1 is 1.19 bits per heavy atom. The highest BCUT2D eigenvalue weighted by atomic mass is 16.5. The van der Waals surface area contributed by atoms with E-state index in [0.717, 1.165) is 18.6 Å². The van der Waals surface area contributed by atoms with Crippen molar-refractivity contribution in [1.29, 1.82) is 0 Å². The van der Waals surface area contributed by atoms with Gasteiger partial charge in [0, 0.05) is 18.8 Å². The van der Waals surface area contributed by atoms with Gasteiger partial charge in [-0.25, -0.2) is 4.98 Å². The molecule has 1 heterocycles. The Morgan fingerprint density at radius 2 is 1.95 bits per heavy atom. The van der Waals surface area contributed by atoms with Gasteiger partial charge < -0.3 is 4.74 Å². The number of hydrogen-bond acceptors (Lipinski definition) is 3. The first-order chi connectivity index (χ1) is 10.2. The Hall–Kier alpha value is -2.36. The van der Waals surface area contributed by atoms with Crippen molar-refractivity contribution in [3.63, 3.8) is 0 Å². The van der Waals surface area contributed by atoms with E-state index in [2.05, 4.69) is 11.9 Å². The van der Waals surface area contributed by atoms with Gasteiger partial charge in [-0.1, -0.05) is 19.4 Å². The molecule has 110 valence electrons. The molecule has 0 atom stereocenters. The van der Waals surface area contributed by atoms with Gasteiger partial charge in [0.05, 0.1) is 6.61 Å². The molecule has 4 heteroatoms. The van der Waals surface area contributed by atoms with Gasteiger partial charge in [-0.05, 0) is 42.8 Å². The minimum absolute atomic E-state index is 0.0891. The Morgan fingerprint density at radius 3 is 2.57 bits per heavy atom. The number of nitrogens with zero attached hydrogens (tertiary/aromatic N) is 2. The predicted octanol–water partition coefficient (Wildman–Crippen LogP) is 3.54. The molecule has 0 radical (unpaired) electrons. The van der Waals surface area contributed by atoms with E-state index in [-0.39, 0.29) is 5.91 Å². The topological polar surface area (TPSA) is 42.4 Å². The lowest BCUT2D eigenvalue weighted by atomic mass is 10.2. The van der Waals surface area contributed by atoms with E-state index >= 15 is 0 Å². The van der Waals surface area contributed by atoms with Crippen LogP contribution in [0.5, 0.6) is 5.75 Å². The van der Waals surface area contributed by atoms with Gasteiger partial charge >= 0.3 is 0 Å². The first-order valence-corrected chi connectivity index (χ1v) is 7.14. The summed E-state index contributed by atoms with van der Waals surface area (Å²) in [5, 5.41) is 0. The fourth-order valence-corrected chi connectivity index (χ4v) is 1.88. The number of anilines is 1. The standard InChI is InChI=1S/C17H20N2O2/c1-3-4-13-21-15-10-8-14(9-11-15)17(20)19(2)16-7-5-6-12-18-16/h5-12H,3-4,13H2,1-2H3. The molecule has 0 spiro atoms. The van der Waals surface area contributed by atoms with E-state index in [1.54, 1.807) is 31.4 Å². The fourth-order valence-electron chi connectivity index (χ4n) is 1.88. The van der Waals surface area contributed by atoms with Crippen LogP contribution in [0.1, 0.15) is 30.1 Å². The number of amides is 1. The van der Waals surface area contributed by atoms with Gasteiger partial charge in [0.2, 0.25) is 0 Å². The number of ether oxygens (including phenoxy) is 1. The van der Waals surface area contributed by atoms with E-state index in [1.807, 2.05) is 24.3 Å². The maximum atomic E-state index is 12.4. The minimum Gasteiger partial charge on any atom is -0.494 e. The molecule has 0 bridgehead atoms. The van der Waals surface area contributed by atoms with Crippen molar-refractivity contribution in [3.8, 4) is 5.75 Å². The van der Waals surface area contributed by atoms with Crippen LogP contribution in [0, 0.1) is 0 Å². The van der Waals surface area contributed by atoms with Gasteiger partial charge in [-0.15, -0.1) is 0 Å². The first kappa shape index (κ1) is 15.0. The van der Waals surface area contributed by atoms with Gasteiger partial charge in [-0.2, -0.15) is 0 Å². The summed E-state index contributed by atoms with van der Waals surface area (Å²) < 4.78 is 5.59. The molecule has 1 aromatic heterocycles. The second-order valence-electron chi connectivity index (χ2n) is 4.78. The van der Waals surface area contributed by atoms with Crippen LogP contribution >= 0.6 is 0 Å². The van der Waals surface area contributed by atoms with Gasteiger partial charge in [0.15, 0.2) is 0 Å². The summed E-state index contributed by atoms with van der Waals surface area (Å²) in [6, 6.07) is 12.7. The van der Waals surface area contributed by atoms with E-state index in [1.165, 1.54) is 4.90 Å². The molecule has 0 fully saturated rings. The normalized spacial score (nSPS) is 10.2. The smallest absolute Gasteiger partial charge is 0.259 e. The summed E-state index contributed by atoms with van der Waals surface area (Å²) >= 11 is 0. The summed E-state index contributed by atoms with van der Waals surface area (Å²) in [6.07, 6.45) is 3.80. The van der Waals surface area contributed by atoms with E-state index < -0.39 is 0 Å². The van der Waals surface area contributed by atoms with Crippen molar-refractivity contribution in [2.75, 3.05) is 18.6 Å². The number of carbonyl (C=O) groups excluding carboxylic acids is 1. The molecule has 1 amide bonds. The Labute approximate surface area is 125 Å². The molecule has 1 aromatic carbocycles. The number of carbonyl (C=O) groups is 1. The van der Waals surface area contributed by atoms with Crippen molar-refractivity contribution < 1.29 is 9.53 Å². The number of benzene rings is 1. The SMILES string of the molecule is CCCCOc1ccc(C(=O)N(C)c2ccccn2)cc1. The van der Waals surface area contributed by atoms with Crippen molar-refractivity contribution in [3.05, 3.63) is 54.2 Å². The largest absolute Gasteiger partial charge is 0.494 e. The Kier molecular flexibility index (Phi) is 5.32. The highest BCUT2D eigenvalue weighted by Crippen LogP contribution is 2.16. The average Bonchev–Trinajstić information content (AvgIpc) is 2.55. The van der Waals surface area contributed by atoms with Gasteiger partial charge in [0.25, 0.3) is 5.91 Å². The average molecular weight is 284 g/mol. The molecule has 0 saturated heterocycles. The summed E-state index contributed by atoms with van der Waals surface area (Å²) in [5.74, 6) is 1.33. The zero-order valence-corrected chi connectivity index (χ0v) is 12.5. The van der Waals surface area contributed by atoms with E-state index in [0.29, 0.717) is 18.0 Å². The molecule has 0 N–H and O–H groups in total. The van der Waals surface area contributed by atoms with Crippen LogP contribution in [0.4, 0.5) is 5.82 Å². The third-order valence-electron chi connectivity index (χ3n) is 3.17. The molecule has 4 nitrogen and oxygen atoms in total. The monoisotopic (exact) mass is 284 g/mol. The number of unbranched alkanes of at least 4 members (excludes halogenated alkanes) is 1. The minimum atomic E-state index is -0.0891. The number of hydrogen-bond donors (Lipinski definition) is 0. The molecule has 0 aliphatic heterocycles. The molecule has 2 rings (SSSR count). The lowest BCUT2D eigenvalue weighted by molar-refractivity contribution is 0.0992. The van der Waals surface area contributed by atoms with Crippen molar-refractivity contribution in [2.24, 2.45) is 0 Å². The van der Waals surface area contributed by atoms with Crippen LogP contribution < -0.4 is 9.64 Å². The van der Waals surface area contributed by atoms with Crippen LogP contribution in [0.15, 0.2) is 48.7 Å². The fraction of sp³-hybridized carbons (Fsp3) is 0.294. The van der Waals surface area contributed by atoms with Crippen molar-refractivity contribution >= 4 is 11.7 Å². The van der Waals surface area contributed by atoms with Crippen LogP contribution in [-0.4, -0.2) is 24.5 Å². The number of aromatic nitrogens is 1. The summed E-state index contributed by atoms with van der Waals surface area (Å²) in [7, 11) is 1.72. The third kappa shape index (κ3) is 4.05. The van der Waals surface area contributed by atoms with Crippen molar-refractivity contribution in [2.45, 2.75) is 19.8 Å². The lowest BCUT2D eigenvalue weighted by Gasteiger charge is -2.16. The van der Waals surface area contributed by atoms with Crippen LogP contribution in [0.2, 0.25) is 0 Å². The quantitative estimate of drug-likeness (QED) is 0.762. The van der Waals surface area contributed by atoms with Crippen LogP contribution in [-0.2, 0) is 0 Å². The number of pyridine rings is 1. The molecule has 0 saturated carbocycles. The second kappa shape index (κ2) is 7.43. The predicted molar refractivity (Wildman–Crippen MR) is 83.8 cm³/mol.